The van der Waals surface area contributed by atoms with E-state index in [4.69, 9.17) is 4.74 Å². The number of carbonyl (C=O) groups is 1. The van der Waals surface area contributed by atoms with Crippen molar-refractivity contribution >= 4 is 5.91 Å². The Kier molecular flexibility index (Phi) is 6.18. The number of halogens is 3. The van der Waals surface area contributed by atoms with Crippen molar-refractivity contribution in [3.8, 4) is 17.0 Å². The quantitative estimate of drug-likeness (QED) is 0.698. The number of amides is 1. The van der Waals surface area contributed by atoms with Crippen LogP contribution < -0.4 is 10.1 Å². The van der Waals surface area contributed by atoms with Crippen LogP contribution in [0.1, 0.15) is 54.4 Å². The average Bonchev–Trinajstić information content (AvgIpc) is 3.58. The third-order valence-electron chi connectivity index (χ3n) is 5.84. The number of pyridine rings is 1. The number of rotatable bonds is 6. The molecule has 2 saturated carbocycles. The molecule has 166 valence electrons. The molecular formula is C23H25F3N2O3. The van der Waals surface area contributed by atoms with Crippen molar-refractivity contribution < 1.29 is 27.8 Å². The van der Waals surface area contributed by atoms with Crippen molar-refractivity contribution in [1.29, 1.82) is 0 Å². The summed E-state index contributed by atoms with van der Waals surface area (Å²) in [6.07, 6.45) is 1.78. The molecule has 1 aromatic heterocycles. The van der Waals surface area contributed by atoms with Gasteiger partial charge in [0.25, 0.3) is 5.91 Å². The van der Waals surface area contributed by atoms with Crippen LogP contribution in [0.3, 0.4) is 0 Å². The lowest BCUT2D eigenvalue weighted by atomic mass is 9.92. The molecule has 2 aromatic rings. The Morgan fingerprint density at radius 3 is 2.48 bits per heavy atom. The minimum absolute atomic E-state index is 0.270. The number of aromatic nitrogens is 1. The van der Waals surface area contributed by atoms with E-state index in [0.29, 0.717) is 42.4 Å². The van der Waals surface area contributed by atoms with Gasteiger partial charge < -0.3 is 15.2 Å². The first-order chi connectivity index (χ1) is 14.8. The molecule has 2 aliphatic rings. The van der Waals surface area contributed by atoms with Gasteiger partial charge in [-0.15, -0.1) is 0 Å². The molecule has 0 unspecified atom stereocenters. The highest BCUT2D eigenvalue weighted by Gasteiger charge is 2.30. The highest BCUT2D eigenvalue weighted by molar-refractivity contribution is 5.95. The van der Waals surface area contributed by atoms with Gasteiger partial charge in [-0.2, -0.15) is 13.2 Å². The number of carbonyl (C=O) groups excluding carboxylic acids is 1. The molecule has 8 heteroatoms. The molecule has 2 N–H and O–H groups in total. The van der Waals surface area contributed by atoms with Crippen LogP contribution in [0, 0.1) is 5.92 Å². The van der Waals surface area contributed by atoms with Gasteiger partial charge in [-0.05, 0) is 55.4 Å². The zero-order valence-corrected chi connectivity index (χ0v) is 17.0. The summed E-state index contributed by atoms with van der Waals surface area (Å²) >= 11 is 0. The Bertz CT molecular complexity index is 927. The maximum Gasteiger partial charge on any atom is 0.416 e. The van der Waals surface area contributed by atoms with Crippen LogP contribution in [0.15, 0.2) is 36.5 Å². The van der Waals surface area contributed by atoms with Crippen molar-refractivity contribution in [2.75, 3.05) is 6.61 Å². The highest BCUT2D eigenvalue weighted by atomic mass is 19.4. The van der Waals surface area contributed by atoms with E-state index in [1.807, 2.05) is 0 Å². The van der Waals surface area contributed by atoms with Crippen molar-refractivity contribution in [2.24, 2.45) is 5.92 Å². The fourth-order valence-electron chi connectivity index (χ4n) is 3.75. The molecule has 2 atom stereocenters. The first kappa shape index (κ1) is 21.6. The van der Waals surface area contributed by atoms with Crippen LogP contribution in [-0.4, -0.2) is 34.8 Å². The molecule has 0 radical (unpaired) electrons. The van der Waals surface area contributed by atoms with Crippen LogP contribution in [0.2, 0.25) is 0 Å². The van der Waals surface area contributed by atoms with E-state index in [9.17, 15) is 23.1 Å². The minimum Gasteiger partial charge on any atom is -0.477 e. The Morgan fingerprint density at radius 1 is 1.13 bits per heavy atom. The molecule has 1 aromatic carbocycles. The number of aliphatic hydroxyl groups excluding tert-OH is 1. The molecule has 2 aliphatic carbocycles. The van der Waals surface area contributed by atoms with Crippen molar-refractivity contribution in [3.63, 3.8) is 0 Å². The van der Waals surface area contributed by atoms with Gasteiger partial charge in [-0.3, -0.25) is 4.79 Å². The lowest BCUT2D eigenvalue weighted by Gasteiger charge is -2.28. The Morgan fingerprint density at radius 2 is 1.84 bits per heavy atom. The summed E-state index contributed by atoms with van der Waals surface area (Å²) in [6.45, 7) is 0.487. The first-order valence-corrected chi connectivity index (χ1v) is 10.6. The van der Waals surface area contributed by atoms with E-state index in [-0.39, 0.29) is 17.5 Å². The molecule has 2 fully saturated rings. The lowest BCUT2D eigenvalue weighted by molar-refractivity contribution is -0.137. The van der Waals surface area contributed by atoms with Gasteiger partial charge in [0.05, 0.1) is 29.9 Å². The molecule has 31 heavy (non-hydrogen) atoms. The van der Waals surface area contributed by atoms with E-state index in [2.05, 4.69) is 10.3 Å². The van der Waals surface area contributed by atoms with Gasteiger partial charge in [0, 0.05) is 11.8 Å². The molecular weight excluding hydrogens is 409 g/mol. The van der Waals surface area contributed by atoms with Crippen LogP contribution in [-0.2, 0) is 6.18 Å². The van der Waals surface area contributed by atoms with Crippen molar-refractivity contribution in [1.82, 2.24) is 10.3 Å². The Balaban J connectivity index is 1.59. The SMILES string of the molecule is O=C(N[C@@H]1CCCC[C@H]1O)c1cnc(OCC2CC2)c(-c2ccc(C(F)(F)F)cc2)c1. The molecule has 0 aliphatic heterocycles. The fourth-order valence-corrected chi connectivity index (χ4v) is 3.75. The number of nitrogens with zero attached hydrogens (tertiary/aromatic N) is 1. The third-order valence-corrected chi connectivity index (χ3v) is 5.84. The number of benzene rings is 1. The van der Waals surface area contributed by atoms with Gasteiger partial charge in [0.1, 0.15) is 0 Å². The van der Waals surface area contributed by atoms with Gasteiger partial charge in [-0.1, -0.05) is 25.0 Å². The second-order valence-corrected chi connectivity index (χ2v) is 8.34. The number of ether oxygens (including phenoxy) is 1. The summed E-state index contributed by atoms with van der Waals surface area (Å²) in [5.74, 6) is 0.388. The summed E-state index contributed by atoms with van der Waals surface area (Å²) in [5, 5.41) is 13.0. The maximum absolute atomic E-state index is 12.9. The largest absolute Gasteiger partial charge is 0.477 e. The summed E-state index contributed by atoms with van der Waals surface area (Å²) in [7, 11) is 0. The number of alkyl halides is 3. The van der Waals surface area contributed by atoms with E-state index in [0.717, 1.165) is 37.8 Å². The zero-order chi connectivity index (χ0) is 22.0. The molecule has 1 amide bonds. The molecule has 0 saturated heterocycles. The second kappa shape index (κ2) is 8.86. The lowest BCUT2D eigenvalue weighted by Crippen LogP contribution is -2.45. The summed E-state index contributed by atoms with van der Waals surface area (Å²) in [6, 6.07) is 5.99. The molecule has 5 nitrogen and oxygen atoms in total. The third kappa shape index (κ3) is 5.36. The topological polar surface area (TPSA) is 71.5 Å². The van der Waals surface area contributed by atoms with E-state index in [1.54, 1.807) is 6.07 Å². The standard InChI is InChI=1S/C23H25F3N2O3/c24-23(25,26)17-9-7-15(8-10-17)18-11-16(12-27-22(18)31-13-14-5-6-14)21(30)28-19-3-1-2-4-20(19)29/h7-12,14,19-20,29H,1-6,13H2,(H,28,30)/t19-,20-/m1/s1. The molecule has 0 bridgehead atoms. The van der Waals surface area contributed by atoms with E-state index < -0.39 is 17.8 Å². The van der Waals surface area contributed by atoms with Crippen LogP contribution in [0.25, 0.3) is 11.1 Å². The summed E-state index contributed by atoms with van der Waals surface area (Å²) in [5.41, 5.74) is 0.473. The van der Waals surface area contributed by atoms with Gasteiger partial charge in [-0.25, -0.2) is 4.98 Å². The monoisotopic (exact) mass is 434 g/mol. The number of aliphatic hydroxyl groups is 1. The summed E-state index contributed by atoms with van der Waals surface area (Å²) in [4.78, 5) is 17.1. The van der Waals surface area contributed by atoms with Crippen LogP contribution in [0.5, 0.6) is 5.88 Å². The number of hydrogen-bond acceptors (Lipinski definition) is 4. The average molecular weight is 434 g/mol. The molecule has 1 heterocycles. The van der Waals surface area contributed by atoms with E-state index >= 15 is 0 Å². The van der Waals surface area contributed by atoms with Gasteiger partial charge in [0.2, 0.25) is 5.88 Å². The second-order valence-electron chi connectivity index (χ2n) is 8.34. The number of hydrogen-bond donors (Lipinski definition) is 2. The summed E-state index contributed by atoms with van der Waals surface area (Å²) < 4.78 is 44.6. The van der Waals surface area contributed by atoms with E-state index in [1.165, 1.54) is 18.3 Å². The first-order valence-electron chi connectivity index (χ1n) is 10.6. The van der Waals surface area contributed by atoms with Gasteiger partial charge in [0.15, 0.2) is 0 Å². The van der Waals surface area contributed by atoms with Crippen LogP contribution in [0.4, 0.5) is 13.2 Å². The minimum atomic E-state index is -4.43. The highest BCUT2D eigenvalue weighted by Crippen LogP contribution is 2.35. The molecule has 0 spiro atoms. The number of nitrogens with one attached hydrogen (secondary N) is 1. The molecule has 4 rings (SSSR count). The van der Waals surface area contributed by atoms with Crippen LogP contribution >= 0.6 is 0 Å². The Labute approximate surface area is 178 Å². The zero-order valence-electron chi connectivity index (χ0n) is 17.0. The van der Waals surface area contributed by atoms with Gasteiger partial charge >= 0.3 is 6.18 Å². The predicted octanol–water partition coefficient (Wildman–Crippen LogP) is 4.59. The predicted molar refractivity (Wildman–Crippen MR) is 109 cm³/mol. The maximum atomic E-state index is 12.9. The smallest absolute Gasteiger partial charge is 0.416 e. The Hall–Kier alpha value is -2.61. The van der Waals surface area contributed by atoms with Crippen molar-refractivity contribution in [3.05, 3.63) is 47.7 Å². The fraction of sp³-hybridized carbons (Fsp3) is 0.478. The van der Waals surface area contributed by atoms with Crippen molar-refractivity contribution in [2.45, 2.75) is 56.8 Å². The normalized spacial score (nSPS) is 21.5.